The molecule has 0 spiro atoms. The van der Waals surface area contributed by atoms with Crippen molar-refractivity contribution < 1.29 is 9.59 Å². The quantitative estimate of drug-likeness (QED) is 0.718. The van der Waals surface area contributed by atoms with Crippen molar-refractivity contribution in [2.75, 3.05) is 63.0 Å². The molecular formula is C20H30N4O2S. The van der Waals surface area contributed by atoms with E-state index in [-0.39, 0.29) is 18.4 Å². The van der Waals surface area contributed by atoms with E-state index in [2.05, 4.69) is 22.0 Å². The summed E-state index contributed by atoms with van der Waals surface area (Å²) in [6, 6.07) is 7.83. The van der Waals surface area contributed by atoms with Gasteiger partial charge in [-0.25, -0.2) is 0 Å². The Morgan fingerprint density at radius 3 is 2.67 bits per heavy atom. The minimum Gasteiger partial charge on any atom is -0.355 e. The number of nitrogens with zero attached hydrogens (tertiary/aromatic N) is 3. The second-order valence-electron chi connectivity index (χ2n) is 7.03. The molecule has 148 valence electrons. The van der Waals surface area contributed by atoms with E-state index in [1.54, 1.807) is 16.7 Å². The van der Waals surface area contributed by atoms with Crippen molar-refractivity contribution in [2.24, 2.45) is 0 Å². The Balaban J connectivity index is 1.42. The molecule has 1 aromatic rings. The number of carbonyl (C=O) groups is 2. The summed E-state index contributed by atoms with van der Waals surface area (Å²) in [5.74, 6) is 0.705. The first-order chi connectivity index (χ1) is 13.2. The first-order valence-corrected chi connectivity index (χ1v) is 10.9. The molecule has 6 nitrogen and oxygen atoms in total. The third-order valence-corrected chi connectivity index (χ3v) is 6.28. The molecule has 0 atom stereocenters. The number of piperazine rings is 1. The minimum absolute atomic E-state index is 0.0244. The van der Waals surface area contributed by atoms with Gasteiger partial charge < -0.3 is 20.0 Å². The van der Waals surface area contributed by atoms with Crippen LogP contribution in [0.5, 0.6) is 0 Å². The van der Waals surface area contributed by atoms with Gasteiger partial charge in [0, 0.05) is 49.8 Å². The summed E-state index contributed by atoms with van der Waals surface area (Å²) in [7, 11) is 0. The van der Waals surface area contributed by atoms with Crippen LogP contribution in [0.1, 0.15) is 19.8 Å². The summed E-state index contributed by atoms with van der Waals surface area (Å²) in [4.78, 5) is 32.4. The number of likely N-dealkylation sites (N-methyl/N-ethyl adjacent to an activating group) is 1. The topological polar surface area (TPSA) is 55.9 Å². The summed E-state index contributed by atoms with van der Waals surface area (Å²) in [6.07, 6.45) is 1.41. The number of carbonyl (C=O) groups excluding carboxylic acids is 2. The lowest BCUT2D eigenvalue weighted by Gasteiger charge is -2.34. The lowest BCUT2D eigenvalue weighted by molar-refractivity contribution is -0.123. The predicted octanol–water partition coefficient (Wildman–Crippen LogP) is 1.66. The zero-order chi connectivity index (χ0) is 19.1. The highest BCUT2D eigenvalue weighted by atomic mass is 32.2. The molecular weight excluding hydrogens is 360 g/mol. The Morgan fingerprint density at radius 2 is 1.89 bits per heavy atom. The Labute approximate surface area is 166 Å². The van der Waals surface area contributed by atoms with Crippen molar-refractivity contribution in [1.29, 1.82) is 0 Å². The summed E-state index contributed by atoms with van der Waals surface area (Å²) in [5.41, 5.74) is 0.856. The van der Waals surface area contributed by atoms with Crippen LogP contribution in [-0.2, 0) is 9.59 Å². The maximum Gasteiger partial charge on any atom is 0.240 e. The van der Waals surface area contributed by atoms with E-state index < -0.39 is 0 Å². The van der Waals surface area contributed by atoms with E-state index in [0.29, 0.717) is 13.0 Å². The number of thioether (sulfide) groups is 1. The first kappa shape index (κ1) is 20.2. The molecule has 0 unspecified atom stereocenters. The van der Waals surface area contributed by atoms with Gasteiger partial charge in [0.15, 0.2) is 0 Å². The summed E-state index contributed by atoms with van der Waals surface area (Å²) in [5, 5.41) is 2.98. The summed E-state index contributed by atoms with van der Waals surface area (Å²) in [6.45, 7) is 9.60. The Morgan fingerprint density at radius 1 is 1.15 bits per heavy atom. The average Bonchev–Trinajstić information content (AvgIpc) is 2.85. The molecule has 0 aliphatic carbocycles. The smallest absolute Gasteiger partial charge is 0.240 e. The fourth-order valence-corrected chi connectivity index (χ4v) is 4.55. The summed E-state index contributed by atoms with van der Waals surface area (Å²) < 4.78 is 0. The molecule has 2 amide bonds. The number of benzene rings is 1. The maximum absolute atomic E-state index is 12.4. The van der Waals surface area contributed by atoms with Gasteiger partial charge in [0.25, 0.3) is 0 Å². The normalized spacial score (nSPS) is 18.9. The van der Waals surface area contributed by atoms with Crippen LogP contribution in [0.4, 0.5) is 5.69 Å². The average molecular weight is 391 g/mol. The molecule has 0 bridgehead atoms. The zero-order valence-electron chi connectivity index (χ0n) is 16.2. The fraction of sp³-hybridized carbons (Fsp3) is 0.600. The van der Waals surface area contributed by atoms with Crippen molar-refractivity contribution in [1.82, 2.24) is 15.1 Å². The number of amides is 2. The third kappa shape index (κ3) is 5.70. The van der Waals surface area contributed by atoms with Gasteiger partial charge in [-0.2, -0.15) is 0 Å². The highest BCUT2D eigenvalue weighted by molar-refractivity contribution is 7.99. The van der Waals surface area contributed by atoms with Crippen LogP contribution in [-0.4, -0.2) is 79.7 Å². The van der Waals surface area contributed by atoms with Gasteiger partial charge in [-0.15, -0.1) is 11.8 Å². The van der Waals surface area contributed by atoms with Crippen molar-refractivity contribution in [3.05, 3.63) is 24.3 Å². The molecule has 1 N–H and O–H groups in total. The Kier molecular flexibility index (Phi) is 7.55. The van der Waals surface area contributed by atoms with Crippen LogP contribution in [0, 0.1) is 0 Å². The van der Waals surface area contributed by atoms with Crippen molar-refractivity contribution >= 4 is 29.3 Å². The van der Waals surface area contributed by atoms with Gasteiger partial charge in [-0.05, 0) is 31.6 Å². The van der Waals surface area contributed by atoms with Crippen LogP contribution in [0.15, 0.2) is 29.2 Å². The van der Waals surface area contributed by atoms with Gasteiger partial charge in [0.05, 0.1) is 5.69 Å². The molecule has 2 aliphatic rings. The SMILES string of the molecule is CCN1CCN(CCCNC(=O)CN2C(=O)CCSc3ccccc32)CC1. The monoisotopic (exact) mass is 390 g/mol. The Hall–Kier alpha value is -1.57. The highest BCUT2D eigenvalue weighted by Crippen LogP contribution is 2.33. The third-order valence-electron chi connectivity index (χ3n) is 5.22. The number of para-hydroxylation sites is 1. The standard InChI is InChI=1S/C20H30N4O2S/c1-2-22-11-13-23(14-12-22)10-5-9-21-19(25)16-24-17-6-3-4-7-18(17)27-15-8-20(24)26/h3-4,6-7H,2,5,8-16H2,1H3,(H,21,25). The van der Waals surface area contributed by atoms with Gasteiger partial charge in [-0.3, -0.25) is 9.59 Å². The van der Waals surface area contributed by atoms with Gasteiger partial charge in [0.1, 0.15) is 6.54 Å². The van der Waals surface area contributed by atoms with Crippen LogP contribution in [0.25, 0.3) is 0 Å². The largest absolute Gasteiger partial charge is 0.355 e. The summed E-state index contributed by atoms with van der Waals surface area (Å²) >= 11 is 1.68. The molecule has 1 saturated heterocycles. The molecule has 2 heterocycles. The first-order valence-electron chi connectivity index (χ1n) is 9.91. The van der Waals surface area contributed by atoms with E-state index in [9.17, 15) is 9.59 Å². The molecule has 27 heavy (non-hydrogen) atoms. The van der Waals surface area contributed by atoms with Crippen LogP contribution >= 0.6 is 11.8 Å². The zero-order valence-corrected chi connectivity index (χ0v) is 17.0. The number of fused-ring (bicyclic) bond motifs is 1. The molecule has 1 aromatic carbocycles. The van der Waals surface area contributed by atoms with Crippen molar-refractivity contribution in [3.8, 4) is 0 Å². The Bertz CT molecular complexity index is 647. The van der Waals surface area contributed by atoms with E-state index in [1.807, 2.05) is 24.3 Å². The van der Waals surface area contributed by atoms with Gasteiger partial charge >= 0.3 is 0 Å². The number of hydrogen-bond acceptors (Lipinski definition) is 5. The molecule has 3 rings (SSSR count). The maximum atomic E-state index is 12.4. The van der Waals surface area contributed by atoms with E-state index in [1.165, 1.54) is 0 Å². The molecule has 0 saturated carbocycles. The van der Waals surface area contributed by atoms with Crippen molar-refractivity contribution in [2.45, 2.75) is 24.7 Å². The second-order valence-corrected chi connectivity index (χ2v) is 8.16. The van der Waals surface area contributed by atoms with Crippen LogP contribution in [0.3, 0.4) is 0 Å². The predicted molar refractivity (Wildman–Crippen MR) is 110 cm³/mol. The fourth-order valence-electron chi connectivity index (χ4n) is 3.55. The van der Waals surface area contributed by atoms with E-state index in [4.69, 9.17) is 0 Å². The van der Waals surface area contributed by atoms with E-state index >= 15 is 0 Å². The van der Waals surface area contributed by atoms with Gasteiger partial charge in [-0.1, -0.05) is 19.1 Å². The number of anilines is 1. The molecule has 2 aliphatic heterocycles. The molecule has 0 radical (unpaired) electrons. The van der Waals surface area contributed by atoms with Crippen LogP contribution < -0.4 is 10.2 Å². The minimum atomic E-state index is -0.0825. The number of hydrogen-bond donors (Lipinski definition) is 1. The van der Waals surface area contributed by atoms with E-state index in [0.717, 1.165) is 62.0 Å². The second kappa shape index (κ2) is 10.1. The lowest BCUT2D eigenvalue weighted by atomic mass is 10.2. The molecule has 1 fully saturated rings. The lowest BCUT2D eigenvalue weighted by Crippen LogP contribution is -2.47. The number of rotatable bonds is 7. The van der Waals surface area contributed by atoms with Crippen LogP contribution in [0.2, 0.25) is 0 Å². The number of nitrogens with one attached hydrogen (secondary N) is 1. The van der Waals surface area contributed by atoms with Crippen molar-refractivity contribution in [3.63, 3.8) is 0 Å². The van der Waals surface area contributed by atoms with Gasteiger partial charge in [0.2, 0.25) is 11.8 Å². The molecule has 7 heteroatoms. The molecule has 0 aromatic heterocycles. The highest BCUT2D eigenvalue weighted by Gasteiger charge is 2.24.